The third kappa shape index (κ3) is 2.87. The summed E-state index contributed by atoms with van der Waals surface area (Å²) in [4.78, 5) is 28.3. The van der Waals surface area contributed by atoms with Crippen molar-refractivity contribution >= 4 is 17.5 Å². The van der Waals surface area contributed by atoms with Gasteiger partial charge in [0.25, 0.3) is 0 Å². The van der Waals surface area contributed by atoms with E-state index in [0.717, 1.165) is 44.5 Å². The molecule has 0 saturated carbocycles. The van der Waals surface area contributed by atoms with Gasteiger partial charge in [-0.15, -0.1) is 0 Å². The highest BCUT2D eigenvalue weighted by Gasteiger charge is 2.27. The van der Waals surface area contributed by atoms with Gasteiger partial charge in [0.1, 0.15) is 6.54 Å². The summed E-state index contributed by atoms with van der Waals surface area (Å²) in [5.74, 6) is 0.179. The number of rotatable bonds is 2. The van der Waals surface area contributed by atoms with E-state index in [-0.39, 0.29) is 18.4 Å². The average Bonchev–Trinajstić information content (AvgIpc) is 2.49. The Morgan fingerprint density at radius 1 is 1.09 bits per heavy atom. The van der Waals surface area contributed by atoms with Crippen LogP contribution in [0, 0.1) is 13.8 Å². The van der Waals surface area contributed by atoms with Crippen LogP contribution >= 0.6 is 0 Å². The molecule has 2 heterocycles. The first-order chi connectivity index (χ1) is 10.6. The van der Waals surface area contributed by atoms with Gasteiger partial charge in [-0.25, -0.2) is 0 Å². The summed E-state index contributed by atoms with van der Waals surface area (Å²) in [6.45, 7) is 5.90. The van der Waals surface area contributed by atoms with Gasteiger partial charge < -0.3 is 9.80 Å². The predicted octanol–water partition coefficient (Wildman–Crippen LogP) is 2.60. The lowest BCUT2D eigenvalue weighted by Crippen LogP contribution is -2.46. The van der Waals surface area contributed by atoms with Gasteiger partial charge in [0, 0.05) is 25.2 Å². The van der Waals surface area contributed by atoms with Crippen molar-refractivity contribution < 1.29 is 9.59 Å². The first-order valence-corrected chi connectivity index (χ1v) is 8.24. The highest BCUT2D eigenvalue weighted by molar-refractivity contribution is 5.98. The molecule has 2 amide bonds. The second-order valence-electron chi connectivity index (χ2n) is 6.50. The van der Waals surface area contributed by atoms with Crippen molar-refractivity contribution in [3.63, 3.8) is 0 Å². The highest BCUT2D eigenvalue weighted by atomic mass is 16.2. The second-order valence-corrected chi connectivity index (χ2v) is 6.50. The summed E-state index contributed by atoms with van der Waals surface area (Å²) in [6.07, 6.45) is 4.58. The Labute approximate surface area is 132 Å². The van der Waals surface area contributed by atoms with Crippen molar-refractivity contribution in [2.75, 3.05) is 24.5 Å². The Kier molecular flexibility index (Phi) is 4.19. The van der Waals surface area contributed by atoms with Crippen molar-refractivity contribution in [3.05, 3.63) is 28.8 Å². The third-order valence-electron chi connectivity index (χ3n) is 4.74. The lowest BCUT2D eigenvalue weighted by atomic mass is 9.95. The van der Waals surface area contributed by atoms with Crippen molar-refractivity contribution in [1.29, 1.82) is 0 Å². The number of hydrogen-bond donors (Lipinski definition) is 0. The minimum absolute atomic E-state index is 0.0567. The minimum atomic E-state index is 0.0567. The van der Waals surface area contributed by atoms with E-state index in [1.54, 1.807) is 4.90 Å². The molecule has 3 rings (SSSR count). The van der Waals surface area contributed by atoms with E-state index in [1.807, 2.05) is 4.90 Å². The lowest BCUT2D eigenvalue weighted by Gasteiger charge is -2.34. The van der Waals surface area contributed by atoms with Crippen molar-refractivity contribution in [1.82, 2.24) is 4.90 Å². The molecule has 0 atom stereocenters. The maximum atomic E-state index is 12.7. The first kappa shape index (κ1) is 15.1. The second kappa shape index (κ2) is 6.11. The smallest absolute Gasteiger partial charge is 0.246 e. The summed E-state index contributed by atoms with van der Waals surface area (Å²) in [7, 11) is 0. The fraction of sp³-hybridized carbons (Fsp3) is 0.556. The van der Waals surface area contributed by atoms with Crippen LogP contribution in [-0.2, 0) is 16.0 Å². The van der Waals surface area contributed by atoms with E-state index < -0.39 is 0 Å². The number of fused-ring (bicyclic) bond motifs is 1. The molecule has 2 aliphatic rings. The van der Waals surface area contributed by atoms with Crippen LogP contribution < -0.4 is 4.90 Å². The van der Waals surface area contributed by atoms with Gasteiger partial charge in [-0.05, 0) is 62.3 Å². The van der Waals surface area contributed by atoms with Crippen molar-refractivity contribution in [2.45, 2.75) is 46.0 Å². The van der Waals surface area contributed by atoms with Gasteiger partial charge in [-0.1, -0.05) is 6.07 Å². The van der Waals surface area contributed by atoms with E-state index in [0.29, 0.717) is 6.42 Å². The Morgan fingerprint density at radius 2 is 1.91 bits per heavy atom. The fourth-order valence-corrected chi connectivity index (χ4v) is 3.61. The van der Waals surface area contributed by atoms with Crippen LogP contribution in [0.4, 0.5) is 5.69 Å². The number of anilines is 1. The van der Waals surface area contributed by atoms with Gasteiger partial charge in [0.15, 0.2) is 0 Å². The molecule has 1 saturated heterocycles. The lowest BCUT2D eigenvalue weighted by molar-refractivity contribution is -0.137. The molecule has 0 aromatic heterocycles. The minimum Gasteiger partial charge on any atom is -0.333 e. The zero-order valence-corrected chi connectivity index (χ0v) is 13.5. The number of aryl methyl sites for hydroxylation is 2. The van der Waals surface area contributed by atoms with Crippen LogP contribution in [0.15, 0.2) is 12.1 Å². The van der Waals surface area contributed by atoms with Crippen molar-refractivity contribution in [2.24, 2.45) is 0 Å². The van der Waals surface area contributed by atoms with Crippen LogP contribution in [0.5, 0.6) is 0 Å². The van der Waals surface area contributed by atoms with Gasteiger partial charge in [0.05, 0.1) is 0 Å². The van der Waals surface area contributed by atoms with Crippen LogP contribution in [0.3, 0.4) is 0 Å². The zero-order valence-electron chi connectivity index (χ0n) is 13.5. The molecular weight excluding hydrogens is 276 g/mol. The molecule has 0 bridgehead atoms. The zero-order chi connectivity index (χ0) is 15.7. The Hall–Kier alpha value is -1.84. The number of amides is 2. The van der Waals surface area contributed by atoms with E-state index >= 15 is 0 Å². The monoisotopic (exact) mass is 300 g/mol. The molecule has 0 unspecified atom stereocenters. The number of benzene rings is 1. The Bertz CT molecular complexity index is 609. The number of nitrogens with zero attached hydrogens (tertiary/aromatic N) is 2. The van der Waals surface area contributed by atoms with E-state index in [4.69, 9.17) is 0 Å². The number of carbonyl (C=O) groups excluding carboxylic acids is 2. The molecule has 0 radical (unpaired) electrons. The third-order valence-corrected chi connectivity index (χ3v) is 4.74. The molecule has 0 aliphatic carbocycles. The van der Waals surface area contributed by atoms with E-state index in [1.165, 1.54) is 16.7 Å². The number of hydrogen-bond acceptors (Lipinski definition) is 2. The summed E-state index contributed by atoms with van der Waals surface area (Å²) >= 11 is 0. The standard InChI is InChI=1S/C18H24N2O2/c1-13-10-14(2)15-6-5-9-20(16(15)11-13)18(22)12-19-8-4-3-7-17(19)21/h10-11H,3-9,12H2,1-2H3. The molecular formula is C18H24N2O2. The SMILES string of the molecule is Cc1cc(C)c2c(c1)N(C(=O)CN1CCCCC1=O)CCC2. The number of piperidine rings is 1. The molecule has 4 nitrogen and oxygen atoms in total. The van der Waals surface area contributed by atoms with Crippen LogP contribution in [0.2, 0.25) is 0 Å². The number of likely N-dealkylation sites (tertiary alicyclic amines) is 1. The van der Waals surface area contributed by atoms with E-state index in [9.17, 15) is 9.59 Å². The maximum absolute atomic E-state index is 12.7. The molecule has 1 aromatic carbocycles. The largest absolute Gasteiger partial charge is 0.333 e. The van der Waals surface area contributed by atoms with Gasteiger partial charge in [-0.3, -0.25) is 9.59 Å². The van der Waals surface area contributed by atoms with Crippen LogP contribution in [-0.4, -0.2) is 36.3 Å². The predicted molar refractivity (Wildman–Crippen MR) is 87.0 cm³/mol. The normalized spacial score (nSPS) is 18.4. The van der Waals surface area contributed by atoms with Crippen LogP contribution in [0.1, 0.15) is 42.4 Å². The molecule has 118 valence electrons. The molecule has 4 heteroatoms. The topological polar surface area (TPSA) is 40.6 Å². The summed E-state index contributed by atoms with van der Waals surface area (Å²) < 4.78 is 0. The molecule has 22 heavy (non-hydrogen) atoms. The van der Waals surface area contributed by atoms with Crippen molar-refractivity contribution in [3.8, 4) is 0 Å². The highest BCUT2D eigenvalue weighted by Crippen LogP contribution is 2.31. The maximum Gasteiger partial charge on any atom is 0.246 e. The number of carbonyl (C=O) groups is 2. The Morgan fingerprint density at radius 3 is 2.68 bits per heavy atom. The molecule has 1 fully saturated rings. The molecule has 1 aromatic rings. The molecule has 0 N–H and O–H groups in total. The molecule has 0 spiro atoms. The van der Waals surface area contributed by atoms with E-state index in [2.05, 4.69) is 26.0 Å². The first-order valence-electron chi connectivity index (χ1n) is 8.24. The summed E-state index contributed by atoms with van der Waals surface area (Å²) in [5.41, 5.74) is 4.79. The molecule has 2 aliphatic heterocycles. The quantitative estimate of drug-likeness (QED) is 0.842. The van der Waals surface area contributed by atoms with Gasteiger partial charge in [0.2, 0.25) is 11.8 Å². The van der Waals surface area contributed by atoms with Gasteiger partial charge in [-0.2, -0.15) is 0 Å². The summed E-state index contributed by atoms with van der Waals surface area (Å²) in [6, 6.07) is 4.29. The van der Waals surface area contributed by atoms with Gasteiger partial charge >= 0.3 is 0 Å². The average molecular weight is 300 g/mol. The fourth-order valence-electron chi connectivity index (χ4n) is 3.61. The summed E-state index contributed by atoms with van der Waals surface area (Å²) in [5, 5.41) is 0. The Balaban J connectivity index is 1.81. The van der Waals surface area contributed by atoms with Crippen LogP contribution in [0.25, 0.3) is 0 Å².